The molecule has 0 aromatic carbocycles. The van der Waals surface area contributed by atoms with E-state index >= 15 is 0 Å². The molecule has 0 spiro atoms. The highest BCUT2D eigenvalue weighted by molar-refractivity contribution is 7.47. The highest BCUT2D eigenvalue weighted by atomic mass is 31.2. The zero-order chi connectivity index (χ0) is 39.5. The van der Waals surface area contributed by atoms with Gasteiger partial charge in [0.1, 0.15) is 6.61 Å². The van der Waals surface area contributed by atoms with Gasteiger partial charge in [0.25, 0.3) is 0 Å². The van der Waals surface area contributed by atoms with E-state index in [-0.39, 0.29) is 57.3 Å². The molecule has 1 aliphatic rings. The first-order valence-corrected chi connectivity index (χ1v) is 23.5. The van der Waals surface area contributed by atoms with Crippen LogP contribution in [0.25, 0.3) is 0 Å². The summed E-state index contributed by atoms with van der Waals surface area (Å²) in [6, 6.07) is 0. The Balaban J connectivity index is 2.38. The van der Waals surface area contributed by atoms with Crippen LogP contribution in [0.5, 0.6) is 0 Å². The van der Waals surface area contributed by atoms with Crippen molar-refractivity contribution in [3.63, 3.8) is 0 Å². The van der Waals surface area contributed by atoms with E-state index in [0.717, 1.165) is 43.4 Å². The Morgan fingerprint density at radius 2 is 0.981 bits per heavy atom. The van der Waals surface area contributed by atoms with Gasteiger partial charge < -0.3 is 14.4 Å². The number of phosphoric acid groups is 1. The fourth-order valence-electron chi connectivity index (χ4n) is 6.70. The van der Waals surface area contributed by atoms with Crippen LogP contribution >= 0.6 is 7.82 Å². The predicted molar refractivity (Wildman–Crippen MR) is 214 cm³/mol. The fraction of sp³-hybridized carbons (Fsp3) is 0.905. The van der Waals surface area contributed by atoms with E-state index in [1.54, 1.807) is 0 Å². The number of ether oxygens (including phenoxy) is 2. The third-order valence-electron chi connectivity index (χ3n) is 10.1. The standard InChI is InChI=1S/C42H78NO10P/c1-3-5-7-9-11-13-15-17-19-21-23-25-27-32-41(46)50-36-38(37-52-54(48,49)51-35-34-43-39(44)30-29-31-40(43)45)53-42(47)33-28-26-24-22-20-18-16-14-12-10-8-6-4-2/h38H,3-37H2,1-2H3,(H,48,49)/t38-/m1/s1. The summed E-state index contributed by atoms with van der Waals surface area (Å²) in [5.41, 5.74) is 0. The van der Waals surface area contributed by atoms with Crippen LogP contribution in [0.15, 0.2) is 0 Å². The number of likely N-dealkylation sites (tertiary alicyclic amines) is 1. The number of esters is 2. The van der Waals surface area contributed by atoms with Gasteiger partial charge in [0, 0.05) is 25.7 Å². The maximum Gasteiger partial charge on any atom is 0.472 e. The van der Waals surface area contributed by atoms with Crippen LogP contribution in [0, 0.1) is 0 Å². The molecular weight excluding hydrogens is 709 g/mol. The van der Waals surface area contributed by atoms with Gasteiger partial charge >= 0.3 is 19.8 Å². The molecule has 11 nitrogen and oxygen atoms in total. The van der Waals surface area contributed by atoms with E-state index in [1.807, 2.05) is 0 Å². The topological polar surface area (TPSA) is 146 Å². The minimum Gasteiger partial charge on any atom is -0.462 e. The number of carbonyl (C=O) groups is 4. The number of imide groups is 1. The van der Waals surface area contributed by atoms with Crippen LogP contribution in [0.4, 0.5) is 0 Å². The van der Waals surface area contributed by atoms with Crippen LogP contribution in [0.1, 0.15) is 213 Å². The quantitative estimate of drug-likeness (QED) is 0.0278. The summed E-state index contributed by atoms with van der Waals surface area (Å²) in [7, 11) is -4.62. The van der Waals surface area contributed by atoms with E-state index in [1.165, 1.54) is 116 Å². The predicted octanol–water partition coefficient (Wildman–Crippen LogP) is 11.1. The lowest BCUT2D eigenvalue weighted by Crippen LogP contribution is -2.41. The van der Waals surface area contributed by atoms with Crippen LogP contribution < -0.4 is 0 Å². The van der Waals surface area contributed by atoms with Gasteiger partial charge in [0.05, 0.1) is 19.8 Å². The second-order valence-corrected chi connectivity index (χ2v) is 16.6. The van der Waals surface area contributed by atoms with Gasteiger partial charge in [0.2, 0.25) is 11.8 Å². The van der Waals surface area contributed by atoms with Gasteiger partial charge in [-0.1, -0.05) is 168 Å². The Kier molecular flexibility index (Phi) is 32.0. The smallest absolute Gasteiger partial charge is 0.462 e. The summed E-state index contributed by atoms with van der Waals surface area (Å²) in [5.74, 6) is -1.61. The molecule has 316 valence electrons. The van der Waals surface area contributed by atoms with E-state index in [9.17, 15) is 28.6 Å². The molecule has 1 fully saturated rings. The molecule has 1 rings (SSSR count). The van der Waals surface area contributed by atoms with Crippen molar-refractivity contribution in [2.24, 2.45) is 0 Å². The lowest BCUT2D eigenvalue weighted by Gasteiger charge is -2.25. The zero-order valence-corrected chi connectivity index (χ0v) is 35.2. The summed E-state index contributed by atoms with van der Waals surface area (Å²) < 4.78 is 33.6. The molecule has 1 heterocycles. The van der Waals surface area contributed by atoms with Crippen molar-refractivity contribution in [2.75, 3.05) is 26.4 Å². The summed E-state index contributed by atoms with van der Waals surface area (Å²) >= 11 is 0. The molecule has 0 radical (unpaired) electrons. The molecule has 1 N–H and O–H groups in total. The van der Waals surface area contributed by atoms with E-state index in [0.29, 0.717) is 19.3 Å². The minimum atomic E-state index is -4.62. The molecule has 0 aromatic heterocycles. The Labute approximate surface area is 328 Å². The monoisotopic (exact) mass is 788 g/mol. The van der Waals surface area contributed by atoms with Crippen LogP contribution in [0.2, 0.25) is 0 Å². The molecule has 1 unspecified atom stereocenters. The van der Waals surface area contributed by atoms with Crippen molar-refractivity contribution in [1.29, 1.82) is 0 Å². The number of phosphoric ester groups is 1. The van der Waals surface area contributed by atoms with Crippen LogP contribution in [-0.2, 0) is 42.3 Å². The van der Waals surface area contributed by atoms with E-state index in [4.69, 9.17) is 18.5 Å². The number of amides is 2. The van der Waals surface area contributed by atoms with Crippen molar-refractivity contribution in [1.82, 2.24) is 4.90 Å². The lowest BCUT2D eigenvalue weighted by molar-refractivity contribution is -0.161. The minimum absolute atomic E-state index is 0.167. The molecule has 0 bridgehead atoms. The summed E-state index contributed by atoms with van der Waals surface area (Å²) in [6.07, 6.45) is 31.4. The van der Waals surface area contributed by atoms with E-state index in [2.05, 4.69) is 13.8 Å². The van der Waals surface area contributed by atoms with Gasteiger partial charge in [-0.25, -0.2) is 4.57 Å². The number of unbranched alkanes of at least 4 members (excludes halogenated alkanes) is 24. The van der Waals surface area contributed by atoms with Crippen molar-refractivity contribution >= 4 is 31.6 Å². The number of nitrogens with zero attached hydrogens (tertiary/aromatic N) is 1. The average molecular weight is 788 g/mol. The molecule has 54 heavy (non-hydrogen) atoms. The van der Waals surface area contributed by atoms with Gasteiger partial charge in [0.15, 0.2) is 6.10 Å². The number of hydrogen-bond donors (Lipinski definition) is 1. The zero-order valence-electron chi connectivity index (χ0n) is 34.3. The molecule has 0 aromatic rings. The second-order valence-electron chi connectivity index (χ2n) is 15.2. The molecule has 2 amide bonds. The third-order valence-corrected chi connectivity index (χ3v) is 11.1. The maximum absolute atomic E-state index is 12.7. The van der Waals surface area contributed by atoms with Gasteiger partial charge in [-0.3, -0.25) is 33.1 Å². The molecule has 12 heteroatoms. The van der Waals surface area contributed by atoms with E-state index < -0.39 is 32.5 Å². The first kappa shape index (κ1) is 50.2. The third kappa shape index (κ3) is 29.5. The summed E-state index contributed by atoms with van der Waals surface area (Å²) in [6.45, 7) is 3.10. The van der Waals surface area contributed by atoms with Crippen molar-refractivity contribution in [3.8, 4) is 0 Å². The highest BCUT2D eigenvalue weighted by Crippen LogP contribution is 2.43. The maximum atomic E-state index is 12.7. The molecule has 1 saturated heterocycles. The van der Waals surface area contributed by atoms with Gasteiger partial charge in [-0.15, -0.1) is 0 Å². The van der Waals surface area contributed by atoms with Crippen molar-refractivity contribution in [2.45, 2.75) is 219 Å². The molecule has 0 aliphatic carbocycles. The highest BCUT2D eigenvalue weighted by Gasteiger charge is 2.29. The van der Waals surface area contributed by atoms with Crippen LogP contribution in [0.3, 0.4) is 0 Å². The van der Waals surface area contributed by atoms with Gasteiger partial charge in [-0.05, 0) is 19.3 Å². The molecular formula is C42H78NO10P. The fourth-order valence-corrected chi connectivity index (χ4v) is 7.45. The number of carbonyl (C=O) groups excluding carboxylic acids is 4. The molecule has 1 aliphatic heterocycles. The molecule has 2 atom stereocenters. The largest absolute Gasteiger partial charge is 0.472 e. The number of piperidine rings is 1. The summed E-state index contributed by atoms with van der Waals surface area (Å²) in [5, 5.41) is 0. The SMILES string of the molecule is CCCCCCCCCCCCCCCC(=O)OC[C@H](COP(=O)(O)OCCN1C(=O)CCCC1=O)OC(=O)CCCCCCCCCCCCCCC. The number of rotatable bonds is 38. The average Bonchev–Trinajstić information content (AvgIpc) is 3.14. The van der Waals surface area contributed by atoms with Crippen molar-refractivity contribution in [3.05, 3.63) is 0 Å². The Bertz CT molecular complexity index is 1010. The first-order chi connectivity index (χ1) is 26.2. The van der Waals surface area contributed by atoms with Gasteiger partial charge in [-0.2, -0.15) is 0 Å². The summed E-state index contributed by atoms with van der Waals surface area (Å²) in [4.78, 5) is 60.4. The van der Waals surface area contributed by atoms with Crippen LogP contribution in [-0.4, -0.2) is 66.0 Å². The first-order valence-electron chi connectivity index (χ1n) is 22.0. The Morgan fingerprint density at radius 1 is 0.593 bits per heavy atom. The van der Waals surface area contributed by atoms with Crippen molar-refractivity contribution < 1.29 is 47.2 Å². The number of hydrogen-bond acceptors (Lipinski definition) is 9. The molecule has 0 saturated carbocycles. The second kappa shape index (κ2) is 34.4. The Morgan fingerprint density at radius 3 is 1.41 bits per heavy atom. The lowest BCUT2D eigenvalue weighted by atomic mass is 10.0. The Hall–Kier alpha value is -1.81. The normalized spacial score (nSPS) is 15.0.